The fourth-order valence-corrected chi connectivity index (χ4v) is 1.28. The number of aliphatic hydroxyl groups excluding tert-OH is 1. The lowest BCUT2D eigenvalue weighted by molar-refractivity contribution is -0.115. The van der Waals surface area contributed by atoms with Crippen LogP contribution in [-0.2, 0) is 4.79 Å². The van der Waals surface area contributed by atoms with E-state index in [-0.39, 0.29) is 24.6 Å². The Morgan fingerprint density at radius 3 is 2.65 bits per heavy atom. The number of benzene rings is 1. The third kappa shape index (κ3) is 4.21. The number of aliphatic hydroxyl groups is 1. The Hall–Kier alpha value is -1.92. The van der Waals surface area contributed by atoms with Crippen LogP contribution in [0.3, 0.4) is 0 Å². The summed E-state index contributed by atoms with van der Waals surface area (Å²) in [6.45, 7) is 0.365. The number of nitrogens with two attached hydrogens (primary N) is 1. The lowest BCUT2D eigenvalue weighted by Gasteiger charge is -2.08. The van der Waals surface area contributed by atoms with Gasteiger partial charge in [0.2, 0.25) is 5.91 Å². The molecule has 6 heteroatoms. The molecule has 92 valence electrons. The van der Waals surface area contributed by atoms with E-state index in [0.717, 1.165) is 0 Å². The highest BCUT2D eigenvalue weighted by atomic mass is 16.3. The summed E-state index contributed by atoms with van der Waals surface area (Å²) in [5.41, 5.74) is 5.82. The van der Waals surface area contributed by atoms with Gasteiger partial charge in [0.15, 0.2) is 0 Å². The summed E-state index contributed by atoms with van der Waals surface area (Å²) in [6.07, 6.45) is 0. The predicted octanol–water partition coefficient (Wildman–Crippen LogP) is -0.694. The van der Waals surface area contributed by atoms with E-state index in [2.05, 4.69) is 10.6 Å². The van der Waals surface area contributed by atoms with Crippen LogP contribution in [0.5, 0.6) is 0 Å². The van der Waals surface area contributed by atoms with Gasteiger partial charge in [-0.05, 0) is 12.1 Å². The molecule has 1 aromatic rings. The van der Waals surface area contributed by atoms with E-state index < -0.39 is 5.91 Å². The highest BCUT2D eigenvalue weighted by molar-refractivity contribution is 6.03. The van der Waals surface area contributed by atoms with Gasteiger partial charge in [-0.1, -0.05) is 12.1 Å². The van der Waals surface area contributed by atoms with Crippen molar-refractivity contribution in [2.75, 3.05) is 25.0 Å². The van der Waals surface area contributed by atoms with E-state index in [1.807, 2.05) is 0 Å². The SMILES string of the molecule is NC(=O)c1ccccc1NC(=O)CNCCO. The predicted molar refractivity (Wildman–Crippen MR) is 63.5 cm³/mol. The van der Waals surface area contributed by atoms with Crippen molar-refractivity contribution >= 4 is 17.5 Å². The van der Waals surface area contributed by atoms with E-state index in [9.17, 15) is 9.59 Å². The number of nitrogens with one attached hydrogen (secondary N) is 2. The van der Waals surface area contributed by atoms with E-state index in [0.29, 0.717) is 12.2 Å². The summed E-state index contributed by atoms with van der Waals surface area (Å²) in [7, 11) is 0. The number of primary amides is 1. The van der Waals surface area contributed by atoms with Crippen LogP contribution in [0, 0.1) is 0 Å². The number of hydrogen-bond acceptors (Lipinski definition) is 4. The van der Waals surface area contributed by atoms with E-state index in [1.54, 1.807) is 24.3 Å². The zero-order chi connectivity index (χ0) is 12.7. The monoisotopic (exact) mass is 237 g/mol. The minimum atomic E-state index is -0.593. The number of hydrogen-bond donors (Lipinski definition) is 4. The van der Waals surface area contributed by atoms with Gasteiger partial charge in [0.05, 0.1) is 24.4 Å². The van der Waals surface area contributed by atoms with Crippen molar-refractivity contribution in [1.29, 1.82) is 0 Å². The maximum absolute atomic E-state index is 11.5. The molecule has 1 aromatic carbocycles. The van der Waals surface area contributed by atoms with Crippen molar-refractivity contribution in [3.05, 3.63) is 29.8 Å². The second-order valence-electron chi connectivity index (χ2n) is 3.36. The van der Waals surface area contributed by atoms with Crippen LogP contribution in [-0.4, -0.2) is 36.6 Å². The van der Waals surface area contributed by atoms with Crippen LogP contribution in [0.1, 0.15) is 10.4 Å². The fraction of sp³-hybridized carbons (Fsp3) is 0.273. The van der Waals surface area contributed by atoms with Gasteiger partial charge in [-0.3, -0.25) is 9.59 Å². The van der Waals surface area contributed by atoms with Crippen molar-refractivity contribution in [2.24, 2.45) is 5.73 Å². The highest BCUT2D eigenvalue weighted by Gasteiger charge is 2.09. The smallest absolute Gasteiger partial charge is 0.250 e. The quantitative estimate of drug-likeness (QED) is 0.491. The largest absolute Gasteiger partial charge is 0.395 e. The molecule has 2 amide bonds. The highest BCUT2D eigenvalue weighted by Crippen LogP contribution is 2.13. The molecule has 0 radical (unpaired) electrons. The molecule has 0 aliphatic rings. The Kier molecular flexibility index (Phi) is 5.12. The molecule has 1 rings (SSSR count). The molecule has 0 bridgehead atoms. The molecule has 5 N–H and O–H groups in total. The van der Waals surface area contributed by atoms with Crippen molar-refractivity contribution in [3.63, 3.8) is 0 Å². The Bertz CT molecular complexity index is 407. The summed E-state index contributed by atoms with van der Waals surface area (Å²) in [4.78, 5) is 22.5. The maximum Gasteiger partial charge on any atom is 0.250 e. The molecule has 0 fully saturated rings. The van der Waals surface area contributed by atoms with Crippen LogP contribution in [0.4, 0.5) is 5.69 Å². The van der Waals surface area contributed by atoms with Crippen LogP contribution in [0.25, 0.3) is 0 Å². The molecule has 0 unspecified atom stereocenters. The third-order valence-corrected chi connectivity index (χ3v) is 2.04. The van der Waals surface area contributed by atoms with Gasteiger partial charge in [0.1, 0.15) is 0 Å². The Morgan fingerprint density at radius 2 is 2.00 bits per heavy atom. The molecule has 17 heavy (non-hydrogen) atoms. The molecule has 0 aliphatic heterocycles. The van der Waals surface area contributed by atoms with Gasteiger partial charge < -0.3 is 21.5 Å². The van der Waals surface area contributed by atoms with Crippen LogP contribution < -0.4 is 16.4 Å². The van der Waals surface area contributed by atoms with Gasteiger partial charge in [-0.25, -0.2) is 0 Å². The number of carbonyl (C=O) groups is 2. The first kappa shape index (κ1) is 13.1. The number of rotatable bonds is 6. The topological polar surface area (TPSA) is 104 Å². The van der Waals surface area contributed by atoms with Crippen molar-refractivity contribution in [2.45, 2.75) is 0 Å². The minimum absolute atomic E-state index is 0.0366. The molecule has 0 saturated heterocycles. The summed E-state index contributed by atoms with van der Waals surface area (Å²) in [5, 5.41) is 13.8. The van der Waals surface area contributed by atoms with E-state index in [1.165, 1.54) is 0 Å². The molecule has 0 saturated carbocycles. The molecule has 0 spiro atoms. The number of anilines is 1. The standard InChI is InChI=1S/C11H15N3O3/c12-11(17)8-3-1-2-4-9(8)14-10(16)7-13-5-6-15/h1-4,13,15H,5-7H2,(H2,12,17)(H,14,16). The van der Waals surface area contributed by atoms with Gasteiger partial charge in [0.25, 0.3) is 5.91 Å². The van der Waals surface area contributed by atoms with Crippen molar-refractivity contribution in [3.8, 4) is 0 Å². The Balaban J connectivity index is 2.61. The van der Waals surface area contributed by atoms with Gasteiger partial charge in [0, 0.05) is 6.54 Å². The van der Waals surface area contributed by atoms with Gasteiger partial charge in [-0.15, -0.1) is 0 Å². The lowest BCUT2D eigenvalue weighted by Crippen LogP contribution is -2.30. The molecular weight excluding hydrogens is 222 g/mol. The zero-order valence-electron chi connectivity index (χ0n) is 9.27. The first-order valence-corrected chi connectivity index (χ1v) is 5.15. The first-order valence-electron chi connectivity index (χ1n) is 5.15. The average molecular weight is 237 g/mol. The average Bonchev–Trinajstić information content (AvgIpc) is 2.29. The van der Waals surface area contributed by atoms with Crippen molar-refractivity contribution < 1.29 is 14.7 Å². The first-order chi connectivity index (χ1) is 8.15. The molecule has 6 nitrogen and oxygen atoms in total. The maximum atomic E-state index is 11.5. The van der Waals surface area contributed by atoms with E-state index >= 15 is 0 Å². The molecular formula is C11H15N3O3. The van der Waals surface area contributed by atoms with Crippen LogP contribution in [0.2, 0.25) is 0 Å². The summed E-state index contributed by atoms with van der Waals surface area (Å²) in [5.74, 6) is -0.892. The summed E-state index contributed by atoms with van der Waals surface area (Å²) < 4.78 is 0. The lowest BCUT2D eigenvalue weighted by atomic mass is 10.1. The number of amides is 2. The molecule has 0 aliphatic carbocycles. The van der Waals surface area contributed by atoms with Crippen molar-refractivity contribution in [1.82, 2.24) is 5.32 Å². The van der Waals surface area contributed by atoms with Gasteiger partial charge in [-0.2, -0.15) is 0 Å². The van der Waals surface area contributed by atoms with Crippen LogP contribution >= 0.6 is 0 Å². The minimum Gasteiger partial charge on any atom is -0.395 e. The second-order valence-corrected chi connectivity index (χ2v) is 3.36. The Labute approximate surface area is 98.8 Å². The van der Waals surface area contributed by atoms with Crippen LogP contribution in [0.15, 0.2) is 24.3 Å². The normalized spacial score (nSPS) is 9.94. The second kappa shape index (κ2) is 6.62. The number of para-hydroxylation sites is 1. The summed E-state index contributed by atoms with van der Waals surface area (Å²) in [6, 6.07) is 6.51. The summed E-state index contributed by atoms with van der Waals surface area (Å²) >= 11 is 0. The zero-order valence-corrected chi connectivity index (χ0v) is 9.27. The molecule has 0 aromatic heterocycles. The Morgan fingerprint density at radius 1 is 1.29 bits per heavy atom. The van der Waals surface area contributed by atoms with E-state index in [4.69, 9.17) is 10.8 Å². The molecule has 0 heterocycles. The van der Waals surface area contributed by atoms with Gasteiger partial charge >= 0.3 is 0 Å². The number of carbonyl (C=O) groups excluding carboxylic acids is 2. The molecule has 0 atom stereocenters. The third-order valence-electron chi connectivity index (χ3n) is 2.04. The fourth-order valence-electron chi connectivity index (χ4n) is 1.28.